The van der Waals surface area contributed by atoms with E-state index < -0.39 is 29.4 Å². The van der Waals surface area contributed by atoms with Crippen molar-refractivity contribution in [1.29, 1.82) is 0 Å². The van der Waals surface area contributed by atoms with Crippen LogP contribution in [0.15, 0.2) is 66.9 Å². The summed E-state index contributed by atoms with van der Waals surface area (Å²) in [6.45, 7) is 0.970. The molecule has 4 heterocycles. The first kappa shape index (κ1) is 19.3. The molecule has 6 rings (SSSR count). The van der Waals surface area contributed by atoms with Gasteiger partial charge in [0.15, 0.2) is 0 Å². The van der Waals surface area contributed by atoms with Gasteiger partial charge in [-0.15, -0.1) is 0 Å². The first-order chi connectivity index (χ1) is 15.6. The van der Waals surface area contributed by atoms with E-state index in [1.807, 2.05) is 36.5 Å². The van der Waals surface area contributed by atoms with Crippen LogP contribution in [-0.4, -0.2) is 46.5 Å². The largest absolute Gasteiger partial charge is 0.361 e. The molecule has 6 nitrogen and oxygen atoms in total. The predicted octanol–water partition coefficient (Wildman–Crippen LogP) is 3.27. The first-order valence-electron chi connectivity index (χ1n) is 10.8. The van der Waals surface area contributed by atoms with Gasteiger partial charge in [-0.25, -0.2) is 4.39 Å². The molecule has 1 aromatic heterocycles. The van der Waals surface area contributed by atoms with E-state index in [0.29, 0.717) is 19.5 Å². The molecular formula is C25H22FN3O3. The Labute approximate surface area is 184 Å². The highest BCUT2D eigenvalue weighted by Gasteiger charge is 2.66. The van der Waals surface area contributed by atoms with E-state index in [9.17, 15) is 14.0 Å². The monoisotopic (exact) mass is 431 g/mol. The fourth-order valence-corrected chi connectivity index (χ4v) is 5.44. The third-order valence-corrected chi connectivity index (χ3v) is 6.94. The van der Waals surface area contributed by atoms with Crippen molar-refractivity contribution in [3.8, 4) is 0 Å². The molecular weight excluding hydrogens is 409 g/mol. The molecule has 3 aliphatic heterocycles. The first-order valence-corrected chi connectivity index (χ1v) is 10.8. The molecule has 0 saturated carbocycles. The number of H-pyrrole nitrogens is 1. The summed E-state index contributed by atoms with van der Waals surface area (Å²) in [7, 11) is 0. The minimum atomic E-state index is -0.779. The van der Waals surface area contributed by atoms with Crippen LogP contribution in [0.25, 0.3) is 10.9 Å². The van der Waals surface area contributed by atoms with E-state index in [1.165, 1.54) is 12.1 Å². The lowest BCUT2D eigenvalue weighted by Gasteiger charge is -2.23. The summed E-state index contributed by atoms with van der Waals surface area (Å²) in [4.78, 5) is 31.5. The maximum absolute atomic E-state index is 14.0. The summed E-state index contributed by atoms with van der Waals surface area (Å²) >= 11 is 0. The lowest BCUT2D eigenvalue weighted by atomic mass is 9.77. The molecule has 2 saturated heterocycles. The van der Waals surface area contributed by atoms with Crippen LogP contribution in [0.5, 0.6) is 0 Å². The Bertz CT molecular complexity index is 1270. The van der Waals surface area contributed by atoms with Crippen LogP contribution >= 0.6 is 0 Å². The van der Waals surface area contributed by atoms with Gasteiger partial charge in [0, 0.05) is 23.6 Å². The topological polar surface area (TPSA) is 74.4 Å². The zero-order chi connectivity index (χ0) is 21.9. The van der Waals surface area contributed by atoms with Gasteiger partial charge in [-0.2, -0.15) is 0 Å². The maximum atomic E-state index is 14.0. The number of aromatic nitrogens is 1. The van der Waals surface area contributed by atoms with Gasteiger partial charge >= 0.3 is 0 Å². The second kappa shape index (κ2) is 7.03. The summed E-state index contributed by atoms with van der Waals surface area (Å²) in [6, 6.07) is 14.1. The molecule has 7 heteroatoms. The molecule has 0 aliphatic carbocycles. The fraction of sp³-hybridized carbons (Fsp3) is 0.280. The minimum absolute atomic E-state index is 0.0784. The number of likely N-dealkylation sites (tertiary alicyclic amines) is 1. The average molecular weight is 431 g/mol. The number of fused-ring (bicyclic) bond motifs is 2. The SMILES string of the molecule is O=C(Nc1ccccc1F)[C@H]1[C@@H]2C=C[C@@]3(CN(CCc4c[nH]c5ccccc45)C(=O)[C@@H]13)O2. The Hall–Kier alpha value is -3.45. The van der Waals surface area contributed by atoms with E-state index >= 15 is 0 Å². The molecule has 3 aliphatic rings. The van der Waals surface area contributed by atoms with Crippen molar-refractivity contribution in [3.63, 3.8) is 0 Å². The summed E-state index contributed by atoms with van der Waals surface area (Å²) in [5.41, 5.74) is 1.55. The van der Waals surface area contributed by atoms with Crippen molar-refractivity contribution in [3.05, 3.63) is 78.3 Å². The third kappa shape index (κ3) is 2.81. The number of para-hydroxylation sites is 2. The van der Waals surface area contributed by atoms with Gasteiger partial charge in [-0.1, -0.05) is 42.5 Å². The number of rotatable bonds is 5. The molecule has 1 spiro atoms. The molecule has 0 unspecified atom stereocenters. The number of carbonyl (C=O) groups excluding carboxylic acids is 2. The Morgan fingerprint density at radius 1 is 1.22 bits per heavy atom. The molecule has 2 fully saturated rings. The van der Waals surface area contributed by atoms with E-state index in [-0.39, 0.29) is 17.5 Å². The van der Waals surface area contributed by atoms with Gasteiger partial charge in [-0.3, -0.25) is 9.59 Å². The van der Waals surface area contributed by atoms with Crippen molar-refractivity contribution in [2.24, 2.45) is 11.8 Å². The molecule has 4 atom stereocenters. The number of hydrogen-bond acceptors (Lipinski definition) is 3. The average Bonchev–Trinajstić information content (AvgIpc) is 3.54. The molecule has 3 aromatic rings. The zero-order valence-corrected chi connectivity index (χ0v) is 17.3. The smallest absolute Gasteiger partial charge is 0.231 e. The number of halogens is 1. The predicted molar refractivity (Wildman–Crippen MR) is 117 cm³/mol. The van der Waals surface area contributed by atoms with Gasteiger partial charge in [-0.05, 0) is 30.2 Å². The fourth-order valence-electron chi connectivity index (χ4n) is 5.44. The Balaban J connectivity index is 1.21. The van der Waals surface area contributed by atoms with Gasteiger partial charge < -0.3 is 19.9 Å². The van der Waals surface area contributed by atoms with Gasteiger partial charge in [0.25, 0.3) is 0 Å². The Morgan fingerprint density at radius 2 is 2.03 bits per heavy atom. The molecule has 32 heavy (non-hydrogen) atoms. The summed E-state index contributed by atoms with van der Waals surface area (Å²) in [5.74, 6) is -2.24. The van der Waals surface area contributed by atoms with E-state index in [0.717, 1.165) is 16.5 Å². The van der Waals surface area contributed by atoms with Crippen LogP contribution in [0, 0.1) is 17.7 Å². The molecule has 2 N–H and O–H groups in total. The lowest BCUT2D eigenvalue weighted by molar-refractivity contribution is -0.135. The van der Waals surface area contributed by atoms with Crippen LogP contribution in [0.3, 0.4) is 0 Å². The molecule has 2 bridgehead atoms. The van der Waals surface area contributed by atoms with E-state index in [2.05, 4.69) is 16.4 Å². The normalized spacial score (nSPS) is 28.0. The number of carbonyl (C=O) groups is 2. The molecule has 0 radical (unpaired) electrons. The highest BCUT2D eigenvalue weighted by molar-refractivity contribution is 5.99. The van der Waals surface area contributed by atoms with Crippen molar-refractivity contribution >= 4 is 28.4 Å². The van der Waals surface area contributed by atoms with E-state index in [4.69, 9.17) is 4.74 Å². The number of benzene rings is 2. The van der Waals surface area contributed by atoms with Crippen LogP contribution in [-0.2, 0) is 20.7 Å². The van der Waals surface area contributed by atoms with Gasteiger partial charge in [0.05, 0.1) is 30.2 Å². The highest BCUT2D eigenvalue weighted by atomic mass is 19.1. The number of hydrogen-bond donors (Lipinski definition) is 2. The number of aromatic amines is 1. The summed E-state index contributed by atoms with van der Waals surface area (Å²) < 4.78 is 20.2. The van der Waals surface area contributed by atoms with Gasteiger partial charge in [0.2, 0.25) is 11.8 Å². The van der Waals surface area contributed by atoms with Crippen molar-refractivity contribution in [2.75, 3.05) is 18.4 Å². The van der Waals surface area contributed by atoms with Crippen molar-refractivity contribution < 1.29 is 18.7 Å². The summed E-state index contributed by atoms with van der Waals surface area (Å²) in [5, 5.41) is 3.80. The molecule has 162 valence electrons. The lowest BCUT2D eigenvalue weighted by Crippen LogP contribution is -2.41. The molecule has 2 amide bonds. The minimum Gasteiger partial charge on any atom is -0.361 e. The molecule has 2 aromatic carbocycles. The van der Waals surface area contributed by atoms with Gasteiger partial charge in [0.1, 0.15) is 11.4 Å². The highest BCUT2D eigenvalue weighted by Crippen LogP contribution is 2.52. The number of amides is 2. The number of ether oxygens (including phenoxy) is 1. The maximum Gasteiger partial charge on any atom is 0.231 e. The number of nitrogens with one attached hydrogen (secondary N) is 2. The van der Waals surface area contributed by atoms with Crippen LogP contribution < -0.4 is 5.32 Å². The number of anilines is 1. The van der Waals surface area contributed by atoms with Crippen molar-refractivity contribution in [1.82, 2.24) is 9.88 Å². The number of nitrogens with zero attached hydrogens (tertiary/aromatic N) is 1. The van der Waals surface area contributed by atoms with E-state index in [1.54, 1.807) is 17.0 Å². The summed E-state index contributed by atoms with van der Waals surface area (Å²) in [6.07, 6.45) is 6.01. The quantitative estimate of drug-likeness (QED) is 0.609. The Kier molecular flexibility index (Phi) is 4.23. The second-order valence-electron chi connectivity index (χ2n) is 8.74. The standard InChI is InChI=1S/C25H22FN3O3/c26-17-6-2-4-8-19(17)28-23(30)21-20-9-11-25(32-20)14-29(24(31)22(21)25)12-10-15-13-27-18-7-3-1-5-16(15)18/h1-9,11,13,20-22,27H,10,12,14H2,(H,28,30)/t20-,21-,22+,25-/m0/s1. The van der Waals surface area contributed by atoms with Crippen molar-refractivity contribution in [2.45, 2.75) is 18.1 Å². The van der Waals surface area contributed by atoms with Crippen LogP contribution in [0.1, 0.15) is 5.56 Å². The second-order valence-corrected chi connectivity index (χ2v) is 8.74. The van der Waals surface area contributed by atoms with Crippen LogP contribution in [0.2, 0.25) is 0 Å². The third-order valence-electron chi connectivity index (χ3n) is 6.94. The zero-order valence-electron chi connectivity index (χ0n) is 17.3. The Morgan fingerprint density at radius 3 is 2.91 bits per heavy atom. The van der Waals surface area contributed by atoms with Crippen LogP contribution in [0.4, 0.5) is 10.1 Å².